The van der Waals surface area contributed by atoms with Crippen molar-refractivity contribution in [1.82, 2.24) is 14.8 Å². The Balaban J connectivity index is 1.79. The third-order valence-corrected chi connectivity index (χ3v) is 4.19. The maximum absolute atomic E-state index is 11.0. The molecule has 1 fully saturated rings. The summed E-state index contributed by atoms with van der Waals surface area (Å²) >= 11 is 5.80. The van der Waals surface area contributed by atoms with E-state index in [2.05, 4.69) is 16.2 Å². The highest BCUT2D eigenvalue weighted by atomic mass is 35.5. The van der Waals surface area contributed by atoms with Crippen molar-refractivity contribution in [3.8, 4) is 6.07 Å². The van der Waals surface area contributed by atoms with Crippen LogP contribution >= 0.6 is 11.6 Å². The van der Waals surface area contributed by atoms with Crippen LogP contribution in [0.4, 0.5) is 0 Å². The number of nitro groups is 1. The van der Waals surface area contributed by atoms with Gasteiger partial charge in [-0.25, -0.2) is 15.1 Å². The monoisotopic (exact) mass is 370 g/mol. The molecule has 0 atom stereocenters. The van der Waals surface area contributed by atoms with E-state index in [0.717, 1.165) is 11.1 Å². The Labute approximate surface area is 155 Å². The molecule has 0 spiro atoms. The molecule has 26 heavy (non-hydrogen) atoms. The molecule has 0 unspecified atom stereocenters. The topological polar surface area (TPSA) is 98.7 Å². The third-order valence-electron chi connectivity index (χ3n) is 3.97. The minimum absolute atomic E-state index is 0.298. The zero-order valence-corrected chi connectivity index (χ0v) is 14.5. The zero-order chi connectivity index (χ0) is 18.5. The average Bonchev–Trinajstić information content (AvgIpc) is 2.98. The van der Waals surface area contributed by atoms with Crippen molar-refractivity contribution < 1.29 is 5.03 Å². The van der Waals surface area contributed by atoms with Crippen LogP contribution in [0.5, 0.6) is 0 Å². The van der Waals surface area contributed by atoms with Gasteiger partial charge >= 0.3 is 0 Å². The van der Waals surface area contributed by atoms with Crippen molar-refractivity contribution in [1.29, 1.82) is 5.26 Å². The molecule has 1 aromatic heterocycles. The van der Waals surface area contributed by atoms with Gasteiger partial charge < -0.3 is 9.80 Å². The van der Waals surface area contributed by atoms with Crippen LogP contribution in [0.3, 0.4) is 0 Å². The molecule has 1 aliphatic heterocycles. The van der Waals surface area contributed by atoms with Gasteiger partial charge in [-0.15, -0.1) is 0 Å². The Morgan fingerprint density at radius 2 is 1.96 bits per heavy atom. The molecule has 0 aliphatic carbocycles. The van der Waals surface area contributed by atoms with Crippen molar-refractivity contribution >= 4 is 17.6 Å². The second kappa shape index (κ2) is 7.80. The van der Waals surface area contributed by atoms with Crippen molar-refractivity contribution in [3.63, 3.8) is 0 Å². The fourth-order valence-electron chi connectivity index (χ4n) is 2.82. The number of guanidine groups is 1. The van der Waals surface area contributed by atoms with E-state index in [1.54, 1.807) is 30.5 Å². The lowest BCUT2D eigenvalue weighted by Crippen LogP contribution is -2.34. The summed E-state index contributed by atoms with van der Waals surface area (Å²) in [4.78, 5) is 18.7. The maximum atomic E-state index is 11.0. The predicted octanol–water partition coefficient (Wildman–Crippen LogP) is 2.47. The Morgan fingerprint density at radius 1 is 1.23 bits per heavy atom. The van der Waals surface area contributed by atoms with Crippen LogP contribution in [0.1, 0.15) is 16.7 Å². The highest BCUT2D eigenvalue weighted by Gasteiger charge is 2.29. The molecule has 1 saturated heterocycles. The van der Waals surface area contributed by atoms with E-state index < -0.39 is 5.03 Å². The van der Waals surface area contributed by atoms with Crippen molar-refractivity contribution in [2.45, 2.75) is 13.1 Å². The van der Waals surface area contributed by atoms with E-state index in [1.807, 2.05) is 21.9 Å². The first-order chi connectivity index (χ1) is 12.5. The second-order valence-corrected chi connectivity index (χ2v) is 6.17. The molecule has 0 radical (unpaired) electrons. The van der Waals surface area contributed by atoms with E-state index in [4.69, 9.17) is 16.9 Å². The van der Waals surface area contributed by atoms with Crippen LogP contribution in [-0.2, 0) is 13.1 Å². The van der Waals surface area contributed by atoms with Crippen molar-refractivity contribution in [2.75, 3.05) is 13.1 Å². The molecule has 9 heteroatoms. The normalized spacial score (nSPS) is 15.3. The van der Waals surface area contributed by atoms with E-state index >= 15 is 0 Å². The summed E-state index contributed by atoms with van der Waals surface area (Å²) in [7, 11) is 0. The molecule has 3 rings (SSSR count). The number of nitriles is 1. The quantitative estimate of drug-likeness (QED) is 0.455. The average molecular weight is 371 g/mol. The number of halogens is 1. The number of hydrogen-bond acceptors (Lipinski definition) is 4. The molecular weight excluding hydrogens is 356 g/mol. The molecule has 0 N–H and O–H groups in total. The Kier molecular flexibility index (Phi) is 5.29. The molecule has 0 saturated carbocycles. The summed E-state index contributed by atoms with van der Waals surface area (Å²) in [6, 6.07) is 12.8. The molecule has 0 bridgehead atoms. The van der Waals surface area contributed by atoms with Crippen LogP contribution < -0.4 is 0 Å². The van der Waals surface area contributed by atoms with Gasteiger partial charge in [-0.3, -0.25) is 0 Å². The number of hydrazone groups is 1. The van der Waals surface area contributed by atoms with Gasteiger partial charge in [0.1, 0.15) is 10.3 Å². The minimum Gasteiger partial charge on any atom is -0.331 e. The summed E-state index contributed by atoms with van der Waals surface area (Å²) in [5.74, 6) is 0.298. The van der Waals surface area contributed by atoms with Gasteiger partial charge in [-0.05, 0) is 29.3 Å². The van der Waals surface area contributed by atoms with Crippen LogP contribution in [0.15, 0.2) is 47.7 Å². The molecule has 132 valence electrons. The standard InChI is InChI=1S/C17H15ClN6O2/c18-16-5-4-15(10-20-16)12-23-7-6-22(17(23)21-24(25)26)11-14-3-1-2-13(8-14)9-19/h1-5,8,10H,6-7,11-12H2. The van der Waals surface area contributed by atoms with Crippen LogP contribution in [0.2, 0.25) is 5.15 Å². The smallest absolute Gasteiger partial charge is 0.274 e. The first-order valence-electron chi connectivity index (χ1n) is 7.87. The molecule has 1 aliphatic rings. The lowest BCUT2D eigenvalue weighted by atomic mass is 10.1. The predicted molar refractivity (Wildman–Crippen MR) is 95.7 cm³/mol. The Hall–Kier alpha value is -3.18. The van der Waals surface area contributed by atoms with Gasteiger partial charge in [-0.2, -0.15) is 5.26 Å². The first-order valence-corrected chi connectivity index (χ1v) is 8.25. The lowest BCUT2D eigenvalue weighted by Gasteiger charge is -2.20. The lowest BCUT2D eigenvalue weighted by molar-refractivity contribution is -0.486. The number of rotatable bonds is 5. The molecule has 8 nitrogen and oxygen atoms in total. The van der Waals surface area contributed by atoms with Crippen LogP contribution in [-0.4, -0.2) is 38.9 Å². The first kappa shape index (κ1) is 17.6. The summed E-state index contributed by atoms with van der Waals surface area (Å²) < 4.78 is 0. The molecule has 2 heterocycles. The SMILES string of the molecule is N#Cc1cccc(CN2CCN(Cc3ccc(Cl)nc3)C2=N[N+](=O)[O-])c1. The van der Waals surface area contributed by atoms with E-state index in [1.165, 1.54) is 0 Å². The van der Waals surface area contributed by atoms with E-state index in [-0.39, 0.29) is 0 Å². The fourth-order valence-corrected chi connectivity index (χ4v) is 2.93. The largest absolute Gasteiger partial charge is 0.331 e. The Bertz CT molecular complexity index is 878. The maximum Gasteiger partial charge on any atom is 0.274 e. The number of hydrogen-bond donors (Lipinski definition) is 0. The summed E-state index contributed by atoms with van der Waals surface area (Å²) in [6.07, 6.45) is 1.64. The summed E-state index contributed by atoms with van der Waals surface area (Å²) in [6.45, 7) is 2.10. The molecule has 0 amide bonds. The highest BCUT2D eigenvalue weighted by Crippen LogP contribution is 2.18. The van der Waals surface area contributed by atoms with Gasteiger partial charge in [0.25, 0.3) is 5.96 Å². The van der Waals surface area contributed by atoms with Crippen LogP contribution in [0, 0.1) is 21.4 Å². The van der Waals surface area contributed by atoms with Crippen LogP contribution in [0.25, 0.3) is 0 Å². The number of benzene rings is 1. The van der Waals surface area contributed by atoms with Gasteiger partial charge in [0.15, 0.2) is 5.03 Å². The fraction of sp³-hybridized carbons (Fsp3) is 0.235. The van der Waals surface area contributed by atoms with Gasteiger partial charge in [-0.1, -0.05) is 29.8 Å². The van der Waals surface area contributed by atoms with Gasteiger partial charge in [0, 0.05) is 32.4 Å². The third kappa shape index (κ3) is 4.26. The van der Waals surface area contributed by atoms with Crippen molar-refractivity contribution in [3.05, 3.63) is 74.6 Å². The number of aromatic nitrogens is 1. The van der Waals surface area contributed by atoms with Crippen molar-refractivity contribution in [2.24, 2.45) is 5.10 Å². The second-order valence-electron chi connectivity index (χ2n) is 5.78. The minimum atomic E-state index is -0.688. The molecule has 2 aromatic rings. The summed E-state index contributed by atoms with van der Waals surface area (Å²) in [5, 5.41) is 23.3. The van der Waals surface area contributed by atoms with Gasteiger partial charge in [0.05, 0.1) is 11.6 Å². The Morgan fingerprint density at radius 3 is 2.58 bits per heavy atom. The van der Waals surface area contributed by atoms with E-state index in [9.17, 15) is 10.1 Å². The van der Waals surface area contributed by atoms with E-state index in [0.29, 0.717) is 42.9 Å². The molecule has 1 aromatic carbocycles. The highest BCUT2D eigenvalue weighted by molar-refractivity contribution is 6.29. The van der Waals surface area contributed by atoms with Gasteiger partial charge in [0.2, 0.25) is 0 Å². The molecular formula is C17H15ClN6O2. The number of pyridine rings is 1. The zero-order valence-electron chi connectivity index (χ0n) is 13.7. The summed E-state index contributed by atoms with van der Waals surface area (Å²) in [5.41, 5.74) is 2.34. The number of nitrogens with zero attached hydrogens (tertiary/aromatic N) is 6.